The summed E-state index contributed by atoms with van der Waals surface area (Å²) in [5, 5.41) is 12.6. The zero-order chi connectivity index (χ0) is 26.0. The Morgan fingerprint density at radius 2 is 1.81 bits per heavy atom. The number of carboxylic acids is 1. The van der Waals surface area contributed by atoms with E-state index in [1.54, 1.807) is 0 Å². The SMILES string of the molecule is CS(=O)(=O)CCCOc1ccc2c(c1)COCc1ccc(CNc3ccc(C4CC4C(=O)O)cc3)cc1-2. The highest BCUT2D eigenvalue weighted by atomic mass is 32.2. The Labute approximate surface area is 217 Å². The molecular formula is C29H31NO6S. The Morgan fingerprint density at radius 1 is 1.03 bits per heavy atom. The molecule has 0 spiro atoms. The van der Waals surface area contributed by atoms with Gasteiger partial charge in [0.1, 0.15) is 15.6 Å². The monoisotopic (exact) mass is 521 g/mol. The fourth-order valence-corrected chi connectivity index (χ4v) is 5.47. The summed E-state index contributed by atoms with van der Waals surface area (Å²) in [4.78, 5) is 11.1. The van der Waals surface area contributed by atoms with Crippen LogP contribution in [-0.2, 0) is 39.1 Å². The first-order chi connectivity index (χ1) is 17.8. The predicted molar refractivity (Wildman–Crippen MR) is 142 cm³/mol. The topological polar surface area (TPSA) is 102 Å². The second-order valence-electron chi connectivity index (χ2n) is 9.90. The van der Waals surface area contributed by atoms with Crippen LogP contribution < -0.4 is 10.1 Å². The van der Waals surface area contributed by atoms with Gasteiger partial charge in [0.2, 0.25) is 0 Å². The molecular weight excluding hydrogens is 490 g/mol. The molecule has 0 amide bonds. The maximum absolute atomic E-state index is 11.3. The molecule has 0 bridgehead atoms. The van der Waals surface area contributed by atoms with Crippen LogP contribution in [0.15, 0.2) is 60.7 Å². The van der Waals surface area contributed by atoms with Crippen LogP contribution >= 0.6 is 0 Å². The van der Waals surface area contributed by atoms with Gasteiger partial charge < -0.3 is 19.9 Å². The van der Waals surface area contributed by atoms with Crippen molar-refractivity contribution in [3.8, 4) is 16.9 Å². The highest BCUT2D eigenvalue weighted by Crippen LogP contribution is 2.47. The van der Waals surface area contributed by atoms with E-state index in [1.165, 1.54) is 6.26 Å². The predicted octanol–water partition coefficient (Wildman–Crippen LogP) is 5.00. The van der Waals surface area contributed by atoms with Gasteiger partial charge in [0.05, 0.1) is 31.5 Å². The first-order valence-electron chi connectivity index (χ1n) is 12.5. The van der Waals surface area contributed by atoms with Gasteiger partial charge in [-0.25, -0.2) is 8.42 Å². The Hall–Kier alpha value is -3.36. The third-order valence-corrected chi connectivity index (χ3v) is 7.96. The van der Waals surface area contributed by atoms with E-state index >= 15 is 0 Å². The number of carboxylic acid groups (broad SMARTS) is 1. The molecule has 2 atom stereocenters. The minimum atomic E-state index is -2.99. The summed E-state index contributed by atoms with van der Waals surface area (Å²) in [6.07, 6.45) is 2.41. The molecule has 3 aromatic carbocycles. The molecule has 1 saturated carbocycles. The van der Waals surface area contributed by atoms with Gasteiger partial charge in [-0.2, -0.15) is 0 Å². The molecule has 0 saturated heterocycles. The summed E-state index contributed by atoms with van der Waals surface area (Å²) < 4.78 is 34.3. The molecule has 3 aromatic rings. The Morgan fingerprint density at radius 3 is 2.54 bits per heavy atom. The van der Waals surface area contributed by atoms with Crippen molar-refractivity contribution < 1.29 is 27.8 Å². The Bertz CT molecular complexity index is 1400. The maximum Gasteiger partial charge on any atom is 0.307 e. The van der Waals surface area contributed by atoms with Gasteiger partial charge in [-0.15, -0.1) is 0 Å². The maximum atomic E-state index is 11.3. The fraction of sp³-hybridized carbons (Fsp3) is 0.345. The molecule has 1 aliphatic heterocycles. The second-order valence-corrected chi connectivity index (χ2v) is 12.2. The highest BCUT2D eigenvalue weighted by Gasteiger charge is 2.44. The number of anilines is 1. The molecule has 37 heavy (non-hydrogen) atoms. The van der Waals surface area contributed by atoms with Crippen LogP contribution in [-0.4, -0.2) is 38.1 Å². The molecule has 2 N–H and O–H groups in total. The lowest BCUT2D eigenvalue weighted by Gasteiger charge is -2.14. The molecule has 7 nitrogen and oxygen atoms in total. The van der Waals surface area contributed by atoms with Gasteiger partial charge in [0.15, 0.2) is 0 Å². The van der Waals surface area contributed by atoms with Crippen molar-refractivity contribution in [1.82, 2.24) is 0 Å². The number of carbonyl (C=O) groups is 1. The van der Waals surface area contributed by atoms with Crippen molar-refractivity contribution in [1.29, 1.82) is 0 Å². The Balaban J connectivity index is 1.25. The van der Waals surface area contributed by atoms with Gasteiger partial charge in [-0.3, -0.25) is 4.79 Å². The van der Waals surface area contributed by atoms with E-state index < -0.39 is 15.8 Å². The molecule has 1 aliphatic carbocycles. The van der Waals surface area contributed by atoms with Crippen LogP contribution in [0.25, 0.3) is 11.1 Å². The largest absolute Gasteiger partial charge is 0.494 e. The number of ether oxygens (including phenoxy) is 2. The van der Waals surface area contributed by atoms with E-state index in [0.29, 0.717) is 38.5 Å². The van der Waals surface area contributed by atoms with Crippen LogP contribution in [0.2, 0.25) is 0 Å². The number of nitrogens with one attached hydrogen (secondary N) is 1. The average Bonchev–Trinajstić information content (AvgIpc) is 3.69. The lowest BCUT2D eigenvalue weighted by Crippen LogP contribution is -2.08. The van der Waals surface area contributed by atoms with E-state index in [4.69, 9.17) is 14.6 Å². The number of hydrogen-bond donors (Lipinski definition) is 2. The van der Waals surface area contributed by atoms with Gasteiger partial charge >= 0.3 is 5.97 Å². The number of fused-ring (bicyclic) bond motifs is 3. The van der Waals surface area contributed by atoms with Crippen molar-refractivity contribution in [2.45, 2.75) is 38.5 Å². The van der Waals surface area contributed by atoms with Crippen LogP contribution in [0, 0.1) is 5.92 Å². The molecule has 1 fully saturated rings. The zero-order valence-corrected chi connectivity index (χ0v) is 21.6. The van der Waals surface area contributed by atoms with E-state index in [1.807, 2.05) is 42.5 Å². The smallest absolute Gasteiger partial charge is 0.307 e. The minimum absolute atomic E-state index is 0.112. The summed E-state index contributed by atoms with van der Waals surface area (Å²) in [5.41, 5.74) is 7.64. The standard InChI is InChI=1S/C29H31NO6S/c1-37(33,34)12-2-11-36-24-9-10-25-22(14-24)18-35-17-21-4-3-19(13-26(21)25)16-30-23-7-5-20(6-8-23)27-15-28(27)29(31)32/h3-10,13-14,27-28,30H,2,11-12,15-18H2,1H3,(H,31,32). The van der Waals surface area contributed by atoms with Crippen LogP contribution in [0.5, 0.6) is 5.75 Å². The number of benzene rings is 3. The molecule has 8 heteroatoms. The zero-order valence-electron chi connectivity index (χ0n) is 20.8. The molecule has 5 rings (SSSR count). The molecule has 2 unspecified atom stereocenters. The lowest BCUT2D eigenvalue weighted by atomic mass is 9.94. The van der Waals surface area contributed by atoms with Gasteiger partial charge in [-0.05, 0) is 82.5 Å². The number of sulfone groups is 1. The van der Waals surface area contributed by atoms with Crippen molar-refractivity contribution in [2.75, 3.05) is 23.9 Å². The quantitative estimate of drug-likeness (QED) is 0.362. The van der Waals surface area contributed by atoms with Gasteiger partial charge in [0.25, 0.3) is 0 Å². The average molecular weight is 522 g/mol. The second kappa shape index (κ2) is 10.6. The lowest BCUT2D eigenvalue weighted by molar-refractivity contribution is -0.138. The van der Waals surface area contributed by atoms with Crippen LogP contribution in [0.1, 0.15) is 41.0 Å². The first kappa shape index (κ1) is 25.3. The van der Waals surface area contributed by atoms with Gasteiger partial charge in [-0.1, -0.05) is 30.3 Å². The van der Waals surface area contributed by atoms with E-state index in [2.05, 4.69) is 23.5 Å². The summed E-state index contributed by atoms with van der Waals surface area (Å²) in [5.74, 6) is 0.00271. The summed E-state index contributed by atoms with van der Waals surface area (Å²) in [7, 11) is -2.99. The summed E-state index contributed by atoms with van der Waals surface area (Å²) in [6, 6.07) is 20.4. The molecule has 2 aliphatic rings. The van der Waals surface area contributed by atoms with E-state index in [9.17, 15) is 13.2 Å². The van der Waals surface area contributed by atoms with E-state index in [0.717, 1.165) is 45.5 Å². The molecule has 1 heterocycles. The van der Waals surface area contributed by atoms with Crippen molar-refractivity contribution in [2.24, 2.45) is 5.92 Å². The van der Waals surface area contributed by atoms with Crippen molar-refractivity contribution >= 4 is 21.5 Å². The number of rotatable bonds is 10. The van der Waals surface area contributed by atoms with Crippen molar-refractivity contribution in [3.05, 3.63) is 82.9 Å². The minimum Gasteiger partial charge on any atom is -0.494 e. The fourth-order valence-electron chi connectivity index (χ4n) is 4.82. The molecule has 194 valence electrons. The third kappa shape index (κ3) is 6.32. The third-order valence-electron chi connectivity index (χ3n) is 6.93. The molecule has 0 radical (unpaired) electrons. The first-order valence-corrected chi connectivity index (χ1v) is 14.5. The van der Waals surface area contributed by atoms with E-state index in [-0.39, 0.29) is 17.6 Å². The van der Waals surface area contributed by atoms with Gasteiger partial charge in [0, 0.05) is 18.5 Å². The highest BCUT2D eigenvalue weighted by molar-refractivity contribution is 7.90. The summed E-state index contributed by atoms with van der Waals surface area (Å²) in [6.45, 7) is 2.02. The number of aliphatic carboxylic acids is 1. The van der Waals surface area contributed by atoms with Crippen molar-refractivity contribution in [3.63, 3.8) is 0 Å². The molecule has 0 aromatic heterocycles. The normalized spacial score (nSPS) is 18.3. The van der Waals surface area contributed by atoms with Crippen LogP contribution in [0.4, 0.5) is 5.69 Å². The van der Waals surface area contributed by atoms with Crippen LogP contribution in [0.3, 0.4) is 0 Å². The summed E-state index contributed by atoms with van der Waals surface area (Å²) >= 11 is 0. The number of hydrogen-bond acceptors (Lipinski definition) is 6. The Kier molecular flexibility index (Phi) is 7.22.